The standard InChI is InChI=1S/C11H17NO4/c1-15-10(13)8-2-4-9(5-3-8)12-6-7-16-11(12)14/h8-9H,2-7H2,1H3. The van der Waals surface area contributed by atoms with Crippen LogP contribution in [-0.2, 0) is 14.3 Å². The van der Waals surface area contributed by atoms with Gasteiger partial charge in [0.1, 0.15) is 6.61 Å². The molecule has 5 nitrogen and oxygen atoms in total. The molecule has 90 valence electrons. The zero-order chi connectivity index (χ0) is 11.5. The van der Waals surface area contributed by atoms with E-state index < -0.39 is 0 Å². The number of methoxy groups -OCH3 is 1. The van der Waals surface area contributed by atoms with Crippen molar-refractivity contribution in [2.24, 2.45) is 5.92 Å². The smallest absolute Gasteiger partial charge is 0.410 e. The average molecular weight is 227 g/mol. The van der Waals surface area contributed by atoms with E-state index in [1.807, 2.05) is 0 Å². The van der Waals surface area contributed by atoms with E-state index >= 15 is 0 Å². The second kappa shape index (κ2) is 4.72. The summed E-state index contributed by atoms with van der Waals surface area (Å²) in [5, 5.41) is 0. The lowest BCUT2D eigenvalue weighted by atomic mass is 9.85. The predicted octanol–water partition coefficient (Wildman–Crippen LogP) is 1.17. The molecule has 0 unspecified atom stereocenters. The number of hydrogen-bond donors (Lipinski definition) is 0. The molecule has 0 spiro atoms. The van der Waals surface area contributed by atoms with Crippen molar-refractivity contribution in [2.75, 3.05) is 20.3 Å². The highest BCUT2D eigenvalue weighted by molar-refractivity contribution is 5.72. The Bertz CT molecular complexity index is 284. The van der Waals surface area contributed by atoms with Crippen LogP contribution in [0.15, 0.2) is 0 Å². The highest BCUT2D eigenvalue weighted by Gasteiger charge is 2.34. The van der Waals surface area contributed by atoms with Crippen LogP contribution in [0.3, 0.4) is 0 Å². The third kappa shape index (κ3) is 2.13. The second-order valence-corrected chi connectivity index (χ2v) is 4.34. The molecular formula is C11H17NO4. The molecule has 16 heavy (non-hydrogen) atoms. The number of cyclic esters (lactones) is 1. The molecule has 1 saturated heterocycles. The fraction of sp³-hybridized carbons (Fsp3) is 0.818. The Hall–Kier alpha value is -1.26. The molecular weight excluding hydrogens is 210 g/mol. The molecule has 1 amide bonds. The molecule has 0 aromatic rings. The highest BCUT2D eigenvalue weighted by atomic mass is 16.6. The minimum Gasteiger partial charge on any atom is -0.469 e. The lowest BCUT2D eigenvalue weighted by molar-refractivity contribution is -0.146. The summed E-state index contributed by atoms with van der Waals surface area (Å²) in [4.78, 5) is 24.5. The minimum atomic E-state index is -0.207. The van der Waals surface area contributed by atoms with Crippen molar-refractivity contribution < 1.29 is 19.1 Å². The number of nitrogens with zero attached hydrogens (tertiary/aromatic N) is 1. The number of carbonyl (C=O) groups is 2. The van der Waals surface area contributed by atoms with E-state index in [2.05, 4.69) is 0 Å². The van der Waals surface area contributed by atoms with Gasteiger partial charge in [0, 0.05) is 6.04 Å². The summed E-state index contributed by atoms with van der Waals surface area (Å²) in [6.45, 7) is 1.18. The van der Waals surface area contributed by atoms with Crippen molar-refractivity contribution >= 4 is 12.1 Å². The molecule has 2 fully saturated rings. The summed E-state index contributed by atoms with van der Waals surface area (Å²) in [6.07, 6.45) is 3.15. The van der Waals surface area contributed by atoms with Crippen molar-refractivity contribution in [1.82, 2.24) is 4.90 Å². The maximum atomic E-state index is 11.4. The number of amides is 1. The Morgan fingerprint density at radius 3 is 2.56 bits per heavy atom. The van der Waals surface area contributed by atoms with E-state index in [0.29, 0.717) is 13.2 Å². The summed E-state index contributed by atoms with van der Waals surface area (Å²) in [6, 6.07) is 0.246. The first-order chi connectivity index (χ1) is 7.72. The fourth-order valence-corrected chi connectivity index (χ4v) is 2.53. The van der Waals surface area contributed by atoms with Gasteiger partial charge in [-0.3, -0.25) is 4.79 Å². The maximum absolute atomic E-state index is 11.4. The Balaban J connectivity index is 1.85. The zero-order valence-corrected chi connectivity index (χ0v) is 9.48. The molecule has 0 atom stereocenters. The molecule has 2 aliphatic rings. The summed E-state index contributed by atoms with van der Waals surface area (Å²) >= 11 is 0. The van der Waals surface area contributed by atoms with Gasteiger partial charge in [-0.25, -0.2) is 4.79 Å². The van der Waals surface area contributed by atoms with Gasteiger partial charge < -0.3 is 14.4 Å². The number of carbonyl (C=O) groups excluding carboxylic acids is 2. The zero-order valence-electron chi connectivity index (χ0n) is 9.48. The van der Waals surface area contributed by atoms with Crippen molar-refractivity contribution in [3.63, 3.8) is 0 Å². The van der Waals surface area contributed by atoms with E-state index in [-0.39, 0.29) is 24.0 Å². The highest BCUT2D eigenvalue weighted by Crippen LogP contribution is 2.29. The van der Waals surface area contributed by atoms with Gasteiger partial charge in [0.2, 0.25) is 0 Å². The quantitative estimate of drug-likeness (QED) is 0.664. The second-order valence-electron chi connectivity index (χ2n) is 4.34. The number of rotatable bonds is 2. The average Bonchev–Trinajstić information content (AvgIpc) is 2.75. The molecule has 0 radical (unpaired) electrons. The molecule has 0 aromatic carbocycles. The Labute approximate surface area is 94.7 Å². The van der Waals surface area contributed by atoms with Crippen LogP contribution in [0.5, 0.6) is 0 Å². The van der Waals surface area contributed by atoms with Gasteiger partial charge in [-0.05, 0) is 25.7 Å². The van der Waals surface area contributed by atoms with E-state index in [0.717, 1.165) is 25.7 Å². The molecule has 0 N–H and O–H groups in total. The third-order valence-corrected chi connectivity index (χ3v) is 3.46. The van der Waals surface area contributed by atoms with Gasteiger partial charge in [0.25, 0.3) is 0 Å². The molecule has 0 bridgehead atoms. The van der Waals surface area contributed by atoms with Gasteiger partial charge >= 0.3 is 12.1 Å². The largest absolute Gasteiger partial charge is 0.469 e. The topological polar surface area (TPSA) is 55.8 Å². The van der Waals surface area contributed by atoms with E-state index in [4.69, 9.17) is 9.47 Å². The first kappa shape index (κ1) is 11.2. The monoisotopic (exact) mass is 227 g/mol. The molecule has 1 aliphatic heterocycles. The Morgan fingerprint density at radius 2 is 2.06 bits per heavy atom. The van der Waals surface area contributed by atoms with Crippen LogP contribution in [0.25, 0.3) is 0 Å². The van der Waals surface area contributed by atoms with Crippen LogP contribution < -0.4 is 0 Å². The van der Waals surface area contributed by atoms with Crippen LogP contribution >= 0.6 is 0 Å². The predicted molar refractivity (Wildman–Crippen MR) is 55.8 cm³/mol. The van der Waals surface area contributed by atoms with Gasteiger partial charge in [-0.2, -0.15) is 0 Å². The maximum Gasteiger partial charge on any atom is 0.410 e. The third-order valence-electron chi connectivity index (χ3n) is 3.46. The van der Waals surface area contributed by atoms with Crippen molar-refractivity contribution in [3.05, 3.63) is 0 Å². The van der Waals surface area contributed by atoms with Crippen LogP contribution in [0.1, 0.15) is 25.7 Å². The number of ether oxygens (including phenoxy) is 2. The lowest BCUT2D eigenvalue weighted by Crippen LogP contribution is -2.39. The SMILES string of the molecule is COC(=O)C1CCC(N2CCOC2=O)CC1. The normalized spacial score (nSPS) is 30.1. The summed E-state index contributed by atoms with van der Waals surface area (Å²) in [7, 11) is 1.42. The van der Waals surface area contributed by atoms with Crippen LogP contribution in [0.4, 0.5) is 4.79 Å². The molecule has 0 aromatic heterocycles. The van der Waals surface area contributed by atoms with E-state index in [1.165, 1.54) is 7.11 Å². The molecule has 1 aliphatic carbocycles. The Kier molecular flexibility index (Phi) is 3.31. The molecule has 5 heteroatoms. The number of hydrogen-bond acceptors (Lipinski definition) is 4. The molecule has 1 saturated carbocycles. The molecule has 1 heterocycles. The van der Waals surface area contributed by atoms with Gasteiger partial charge in [0.05, 0.1) is 19.6 Å². The van der Waals surface area contributed by atoms with Crippen molar-refractivity contribution in [3.8, 4) is 0 Å². The lowest BCUT2D eigenvalue weighted by Gasteiger charge is -2.31. The Morgan fingerprint density at radius 1 is 1.38 bits per heavy atom. The van der Waals surface area contributed by atoms with Gasteiger partial charge in [0.15, 0.2) is 0 Å². The summed E-state index contributed by atoms with van der Waals surface area (Å²) in [5.41, 5.74) is 0. The number of esters is 1. The van der Waals surface area contributed by atoms with Gasteiger partial charge in [-0.15, -0.1) is 0 Å². The van der Waals surface area contributed by atoms with Crippen LogP contribution in [0.2, 0.25) is 0 Å². The fourth-order valence-electron chi connectivity index (χ4n) is 2.53. The minimum absolute atomic E-state index is 0.0138. The van der Waals surface area contributed by atoms with Crippen LogP contribution in [-0.4, -0.2) is 43.3 Å². The van der Waals surface area contributed by atoms with E-state index in [9.17, 15) is 9.59 Å². The van der Waals surface area contributed by atoms with Gasteiger partial charge in [-0.1, -0.05) is 0 Å². The van der Waals surface area contributed by atoms with Crippen molar-refractivity contribution in [1.29, 1.82) is 0 Å². The summed E-state index contributed by atoms with van der Waals surface area (Å²) in [5.74, 6) is -0.109. The van der Waals surface area contributed by atoms with Crippen LogP contribution in [0, 0.1) is 5.92 Å². The van der Waals surface area contributed by atoms with E-state index in [1.54, 1.807) is 4.90 Å². The molecule has 2 rings (SSSR count). The first-order valence-electron chi connectivity index (χ1n) is 5.73. The first-order valence-corrected chi connectivity index (χ1v) is 5.73. The van der Waals surface area contributed by atoms with Crippen molar-refractivity contribution in [2.45, 2.75) is 31.7 Å². The summed E-state index contributed by atoms with van der Waals surface area (Å²) < 4.78 is 9.64.